The monoisotopic (exact) mass is 1060 g/mol. The van der Waals surface area contributed by atoms with Crippen molar-refractivity contribution in [3.05, 3.63) is 106 Å². The Bertz CT molecular complexity index is 3120. The van der Waals surface area contributed by atoms with E-state index < -0.39 is 72.0 Å². The molecular weight excluding hydrogens is 1000 g/mol. The van der Waals surface area contributed by atoms with Crippen LogP contribution in [0.5, 0.6) is 0 Å². The van der Waals surface area contributed by atoms with Gasteiger partial charge in [-0.1, -0.05) is 92.8 Å². The number of hydrogen-bond acceptors (Lipinski definition) is 11. The van der Waals surface area contributed by atoms with E-state index in [1.54, 1.807) is 39.1 Å². The van der Waals surface area contributed by atoms with Crippen molar-refractivity contribution in [1.82, 2.24) is 30.7 Å². The number of carbonyl (C=O) groups is 7. The van der Waals surface area contributed by atoms with Gasteiger partial charge < -0.3 is 35.5 Å². The average Bonchev–Trinajstić information content (AvgIpc) is 4.15. The Balaban J connectivity index is 0.904. The topological polar surface area (TPSA) is 245 Å². The molecule has 4 atom stereocenters. The number of rotatable bonds is 15. The zero-order chi connectivity index (χ0) is 52.4. The maximum Gasteiger partial charge on any atom is 0.399 e. The lowest BCUT2D eigenvalue weighted by Crippen LogP contribution is -2.57. The first-order chi connectivity index (χ1) is 34.6. The molecule has 3 aromatic carbocycles. The van der Waals surface area contributed by atoms with Crippen LogP contribution in [0.1, 0.15) is 109 Å². The molecule has 0 bridgehead atoms. The van der Waals surface area contributed by atoms with E-state index in [1.807, 2.05) is 36.4 Å². The number of hydrogen-bond donors (Lipinski definition) is 6. The van der Waals surface area contributed by atoms with Crippen molar-refractivity contribution in [3.8, 4) is 22.3 Å². The van der Waals surface area contributed by atoms with Gasteiger partial charge in [0.2, 0.25) is 29.5 Å². The van der Waals surface area contributed by atoms with Crippen molar-refractivity contribution in [2.45, 2.75) is 109 Å². The van der Waals surface area contributed by atoms with Crippen molar-refractivity contribution < 1.29 is 56.7 Å². The van der Waals surface area contributed by atoms with Crippen LogP contribution in [-0.2, 0) is 40.7 Å². The second-order valence-corrected chi connectivity index (χ2v) is 23.0. The standard InChI is InChI=1S/C51H52F2N7O10PS2/c1-50(2,3)43(57-46(65)39-24-31-23-32(19-21-38(31)72-39)51(52,53)71(68,69)70)48(67)59-27-33(25-37(59)45(64)58-49-54-26-40(73-49)30-14-9-7-10-15-30)55-41(61)18-11-6-4-5-8-13-29-16-12-17-34-35(29)28-60(47(34)66)36-20-22-42(62)56-44(36)63/h7,9-10,12,14-17,19,21,23-24,26,33,36-37,43H,4-6,11,18,20,22,25,27-28H2,1-3H3,(H,55,61)(H,57,65)(H,54,58,64)(H,56,62,63)(H2,68,69,70)/t33-,36?,37+,43-/m1/s1. The molecule has 1 unspecified atom stereocenters. The average molecular weight is 1060 g/mol. The Kier molecular flexibility index (Phi) is 15.4. The highest BCUT2D eigenvalue weighted by atomic mass is 32.1. The number of piperidine rings is 1. The fourth-order valence-electron chi connectivity index (χ4n) is 9.05. The zero-order valence-electron chi connectivity index (χ0n) is 39.9. The minimum absolute atomic E-state index is 0.0386. The van der Waals surface area contributed by atoms with E-state index >= 15 is 0 Å². The van der Waals surface area contributed by atoms with Crippen LogP contribution < -0.4 is 21.3 Å². The van der Waals surface area contributed by atoms with Gasteiger partial charge >= 0.3 is 13.3 Å². The van der Waals surface area contributed by atoms with Gasteiger partial charge in [0, 0.05) is 66.0 Å². The van der Waals surface area contributed by atoms with Crippen molar-refractivity contribution in [1.29, 1.82) is 0 Å². The molecule has 2 saturated heterocycles. The summed E-state index contributed by atoms with van der Waals surface area (Å²) in [7, 11) is -5.86. The van der Waals surface area contributed by atoms with Crippen molar-refractivity contribution in [2.75, 3.05) is 11.9 Å². The first kappa shape index (κ1) is 52.6. The van der Waals surface area contributed by atoms with E-state index in [4.69, 9.17) is 0 Å². The van der Waals surface area contributed by atoms with E-state index in [9.17, 15) is 56.7 Å². The van der Waals surface area contributed by atoms with Crippen molar-refractivity contribution in [3.63, 3.8) is 0 Å². The number of nitrogens with one attached hydrogen (secondary N) is 4. The Morgan fingerprint density at radius 1 is 0.973 bits per heavy atom. The number of fused-ring (bicyclic) bond motifs is 2. The highest BCUT2D eigenvalue weighted by Gasteiger charge is 2.51. The first-order valence-electron chi connectivity index (χ1n) is 23.5. The number of imide groups is 1. The number of thiophene rings is 1. The Labute approximate surface area is 426 Å². The molecule has 7 amide bonds. The SMILES string of the molecule is CC(C)(C)[C@H](NC(=O)c1cc2cc(C(F)(F)P(=O)(O)O)ccc2s1)C(=O)N1C[C@H](NC(=O)CCCCCC#Cc2cccc3c2CN(C2CCC(=O)NC2=O)C3=O)C[C@H]1C(=O)Nc1ncc(-c2ccccc2)s1. The van der Waals surface area contributed by atoms with Gasteiger partial charge in [0.1, 0.15) is 18.1 Å². The number of carbonyl (C=O) groups excluding carboxylic acids is 7. The molecule has 5 aromatic rings. The van der Waals surface area contributed by atoms with E-state index in [-0.39, 0.29) is 66.8 Å². The second kappa shape index (κ2) is 21.4. The molecule has 73 heavy (non-hydrogen) atoms. The summed E-state index contributed by atoms with van der Waals surface area (Å²) in [4.78, 5) is 120. The lowest BCUT2D eigenvalue weighted by atomic mass is 9.85. The minimum Gasteiger partial charge on any atom is -0.351 e. The zero-order valence-corrected chi connectivity index (χ0v) is 42.4. The summed E-state index contributed by atoms with van der Waals surface area (Å²) < 4.78 is 41.0. The first-order valence-corrected chi connectivity index (χ1v) is 26.8. The number of unbranched alkanes of at least 4 members (excludes halogenated alkanes) is 3. The van der Waals surface area contributed by atoms with Gasteiger partial charge in [0.15, 0.2) is 5.13 Å². The number of nitrogens with zero attached hydrogens (tertiary/aromatic N) is 3. The molecule has 8 rings (SSSR count). The minimum atomic E-state index is -5.86. The van der Waals surface area contributed by atoms with Crippen LogP contribution in [0.15, 0.2) is 79.0 Å². The molecule has 0 aliphatic carbocycles. The maximum absolute atomic E-state index is 14.7. The second-order valence-electron chi connectivity index (χ2n) is 19.2. The molecule has 5 heterocycles. The van der Waals surface area contributed by atoms with Gasteiger partial charge in [-0.2, -0.15) is 8.78 Å². The third kappa shape index (κ3) is 11.7. The number of thiazole rings is 1. The number of anilines is 1. The molecule has 17 nitrogen and oxygen atoms in total. The van der Waals surface area contributed by atoms with Crippen LogP contribution in [0, 0.1) is 17.3 Å². The number of aromatic nitrogens is 1. The Morgan fingerprint density at radius 2 is 1.74 bits per heavy atom. The molecule has 3 aliphatic heterocycles. The van der Waals surface area contributed by atoms with E-state index in [2.05, 4.69) is 38.1 Å². The smallest absolute Gasteiger partial charge is 0.351 e. The van der Waals surface area contributed by atoms with Crippen LogP contribution in [0.3, 0.4) is 0 Å². The van der Waals surface area contributed by atoms with Gasteiger partial charge in [-0.3, -0.25) is 43.4 Å². The predicted octanol–water partition coefficient (Wildman–Crippen LogP) is 6.88. The summed E-state index contributed by atoms with van der Waals surface area (Å²) in [5, 5.41) is 11.3. The summed E-state index contributed by atoms with van der Waals surface area (Å²) in [6, 6.07) is 15.3. The summed E-state index contributed by atoms with van der Waals surface area (Å²) in [5.74, 6) is 3.04. The number of likely N-dealkylation sites (tertiary alicyclic amines) is 1. The summed E-state index contributed by atoms with van der Waals surface area (Å²) in [6.45, 7) is 5.33. The third-order valence-electron chi connectivity index (χ3n) is 12.9. The predicted molar refractivity (Wildman–Crippen MR) is 269 cm³/mol. The summed E-state index contributed by atoms with van der Waals surface area (Å²) in [5.41, 5.74) is -3.53. The molecule has 6 N–H and O–H groups in total. The fourth-order valence-corrected chi connectivity index (χ4v) is 11.3. The number of halogens is 2. The van der Waals surface area contributed by atoms with Crippen molar-refractivity contribution >= 4 is 86.8 Å². The van der Waals surface area contributed by atoms with E-state index in [1.165, 1.54) is 33.3 Å². The van der Waals surface area contributed by atoms with Crippen molar-refractivity contribution in [2.24, 2.45) is 5.41 Å². The molecule has 0 saturated carbocycles. The maximum atomic E-state index is 14.7. The van der Waals surface area contributed by atoms with Crippen LogP contribution in [0.4, 0.5) is 13.9 Å². The highest BCUT2D eigenvalue weighted by molar-refractivity contribution is 7.52. The van der Waals surface area contributed by atoms with Gasteiger partial charge in [0.05, 0.1) is 9.75 Å². The fraction of sp³-hybridized carbons (Fsp3) is 0.373. The normalized spacial score (nSPS) is 18.5. The van der Waals surface area contributed by atoms with Gasteiger partial charge in [-0.05, 0) is 77.9 Å². The molecule has 22 heteroatoms. The number of amides is 7. The van der Waals surface area contributed by atoms with E-state index in [0.717, 1.165) is 39.5 Å². The molecule has 3 aliphatic rings. The van der Waals surface area contributed by atoms with E-state index in [0.29, 0.717) is 46.6 Å². The number of benzene rings is 3. The van der Waals surface area contributed by atoms with Gasteiger partial charge in [-0.25, -0.2) is 4.98 Å². The third-order valence-corrected chi connectivity index (χ3v) is 16.0. The highest BCUT2D eigenvalue weighted by Crippen LogP contribution is 2.59. The van der Waals surface area contributed by atoms with Gasteiger partial charge in [0.25, 0.3) is 11.8 Å². The van der Waals surface area contributed by atoms with Crippen LogP contribution >= 0.6 is 30.3 Å². The quantitative estimate of drug-likeness (QED) is 0.0273. The lowest BCUT2D eigenvalue weighted by Gasteiger charge is -2.35. The Morgan fingerprint density at radius 3 is 2.47 bits per heavy atom. The lowest BCUT2D eigenvalue weighted by molar-refractivity contribution is -0.140. The largest absolute Gasteiger partial charge is 0.399 e. The number of alkyl halides is 2. The van der Waals surface area contributed by atoms with Crippen LogP contribution in [-0.4, -0.2) is 96.6 Å². The molecule has 382 valence electrons. The summed E-state index contributed by atoms with van der Waals surface area (Å²) in [6.07, 6.45) is 4.66. The van der Waals surface area contributed by atoms with Crippen LogP contribution in [0.25, 0.3) is 20.5 Å². The molecule has 0 spiro atoms. The molecular formula is C51H52F2N7O10PS2. The summed E-state index contributed by atoms with van der Waals surface area (Å²) >= 11 is 2.18. The van der Waals surface area contributed by atoms with Crippen LogP contribution in [0.2, 0.25) is 0 Å². The van der Waals surface area contributed by atoms with Gasteiger partial charge in [-0.15, -0.1) is 11.3 Å². The molecule has 2 fully saturated rings. The molecule has 0 radical (unpaired) electrons. The molecule has 2 aromatic heterocycles. The Hall–Kier alpha value is -6.69.